The molecule has 19 heavy (non-hydrogen) atoms. The van der Waals surface area contributed by atoms with Crippen LogP contribution in [0.2, 0.25) is 0 Å². The molecule has 0 bridgehead atoms. The van der Waals surface area contributed by atoms with Crippen LogP contribution in [0.4, 0.5) is 11.5 Å². The van der Waals surface area contributed by atoms with Crippen molar-refractivity contribution in [1.29, 1.82) is 0 Å². The molecule has 1 aromatic rings. The zero-order valence-electron chi connectivity index (χ0n) is 11.7. The summed E-state index contributed by atoms with van der Waals surface area (Å²) in [5.41, 5.74) is 0.733. The predicted octanol–water partition coefficient (Wildman–Crippen LogP) is 3.53. The van der Waals surface area contributed by atoms with Crippen LogP contribution in [0.25, 0.3) is 0 Å². The lowest BCUT2D eigenvalue weighted by Gasteiger charge is -2.21. The topological polar surface area (TPSA) is 68.1 Å². The minimum Gasteiger partial charge on any atom is -0.367 e. The summed E-state index contributed by atoms with van der Waals surface area (Å²) in [4.78, 5) is 14.8. The molecular weight excluding hydrogens is 242 g/mol. The molecule has 1 N–H and O–H groups in total. The Morgan fingerprint density at radius 2 is 2.26 bits per heavy atom. The van der Waals surface area contributed by atoms with Gasteiger partial charge in [-0.05, 0) is 31.6 Å². The average Bonchev–Trinajstić information content (AvgIpc) is 2.72. The van der Waals surface area contributed by atoms with Crippen LogP contribution in [-0.2, 0) is 0 Å². The van der Waals surface area contributed by atoms with E-state index in [0.717, 1.165) is 12.3 Å². The molecule has 0 amide bonds. The molecule has 0 spiro atoms. The number of hydrogen-bond acceptors (Lipinski definition) is 4. The van der Waals surface area contributed by atoms with Gasteiger partial charge in [-0.15, -0.1) is 0 Å². The van der Waals surface area contributed by atoms with Crippen LogP contribution in [0, 0.1) is 28.9 Å². The predicted molar refractivity (Wildman–Crippen MR) is 75.2 cm³/mol. The van der Waals surface area contributed by atoms with E-state index in [1.165, 1.54) is 12.8 Å². The number of anilines is 1. The minimum absolute atomic E-state index is 0.134. The Morgan fingerprint density at radius 1 is 1.53 bits per heavy atom. The first-order chi connectivity index (χ1) is 9.02. The number of hydrogen-bond donors (Lipinski definition) is 1. The van der Waals surface area contributed by atoms with E-state index in [1.54, 1.807) is 19.2 Å². The van der Waals surface area contributed by atoms with Crippen LogP contribution in [0.1, 0.15) is 38.7 Å². The number of nitrogens with zero attached hydrogens (tertiary/aromatic N) is 2. The molecule has 1 aliphatic rings. The van der Waals surface area contributed by atoms with Crippen LogP contribution in [0.15, 0.2) is 12.3 Å². The van der Waals surface area contributed by atoms with Crippen LogP contribution >= 0.6 is 0 Å². The normalized spacial score (nSPS) is 26.4. The van der Waals surface area contributed by atoms with E-state index in [2.05, 4.69) is 24.1 Å². The zero-order valence-corrected chi connectivity index (χ0v) is 11.7. The highest BCUT2D eigenvalue weighted by atomic mass is 16.6. The van der Waals surface area contributed by atoms with Gasteiger partial charge in [0.2, 0.25) is 0 Å². The fraction of sp³-hybridized carbons (Fsp3) is 0.643. The molecule has 0 aliphatic heterocycles. The van der Waals surface area contributed by atoms with Crippen molar-refractivity contribution in [1.82, 2.24) is 4.98 Å². The molecule has 5 nitrogen and oxygen atoms in total. The fourth-order valence-corrected chi connectivity index (χ4v) is 3.01. The molecule has 1 heterocycles. The monoisotopic (exact) mass is 263 g/mol. The highest BCUT2D eigenvalue weighted by Crippen LogP contribution is 2.35. The maximum Gasteiger partial charge on any atom is 0.277 e. The molecule has 0 aromatic carbocycles. The Bertz CT molecular complexity index is 476. The van der Waals surface area contributed by atoms with Crippen molar-refractivity contribution in [2.24, 2.45) is 11.8 Å². The molecule has 2 rings (SSSR count). The number of aryl methyl sites for hydroxylation is 1. The Hall–Kier alpha value is -1.65. The van der Waals surface area contributed by atoms with E-state index in [9.17, 15) is 10.1 Å². The highest BCUT2D eigenvalue weighted by Gasteiger charge is 2.31. The highest BCUT2D eigenvalue weighted by molar-refractivity contribution is 5.49. The number of nitro groups is 1. The molecule has 1 aromatic heterocycles. The Kier molecular flexibility index (Phi) is 4.02. The summed E-state index contributed by atoms with van der Waals surface area (Å²) < 4.78 is 0. The quantitative estimate of drug-likeness (QED) is 0.666. The second-order valence-electron chi connectivity index (χ2n) is 5.47. The van der Waals surface area contributed by atoms with Gasteiger partial charge < -0.3 is 5.32 Å². The number of pyridine rings is 1. The molecule has 104 valence electrons. The third-order valence-corrected chi connectivity index (χ3v) is 4.36. The third-order valence-electron chi connectivity index (χ3n) is 4.36. The second-order valence-corrected chi connectivity index (χ2v) is 5.47. The first-order valence-corrected chi connectivity index (χ1v) is 6.90. The van der Waals surface area contributed by atoms with Gasteiger partial charge in [0.15, 0.2) is 0 Å². The lowest BCUT2D eigenvalue weighted by atomic mass is 9.93. The fourth-order valence-electron chi connectivity index (χ4n) is 3.01. The molecule has 3 unspecified atom stereocenters. The van der Waals surface area contributed by atoms with Gasteiger partial charge in [-0.2, -0.15) is 0 Å². The zero-order chi connectivity index (χ0) is 14.0. The smallest absolute Gasteiger partial charge is 0.277 e. The summed E-state index contributed by atoms with van der Waals surface area (Å²) in [5, 5.41) is 14.3. The lowest BCUT2D eigenvalue weighted by molar-refractivity contribution is -0.385. The Labute approximate surface area is 113 Å². The molecule has 1 fully saturated rings. The van der Waals surface area contributed by atoms with Crippen molar-refractivity contribution >= 4 is 11.5 Å². The van der Waals surface area contributed by atoms with Gasteiger partial charge in [-0.3, -0.25) is 10.1 Å². The summed E-state index contributed by atoms with van der Waals surface area (Å²) in [5.74, 6) is 1.95. The summed E-state index contributed by atoms with van der Waals surface area (Å²) >= 11 is 0. The number of aromatic nitrogens is 1. The van der Waals surface area contributed by atoms with Crippen LogP contribution in [-0.4, -0.2) is 15.9 Å². The molecular formula is C14H21N3O2. The number of nitrogens with one attached hydrogen (secondary N) is 1. The molecule has 0 radical (unpaired) electrons. The molecule has 3 atom stereocenters. The van der Waals surface area contributed by atoms with Crippen LogP contribution in [0.3, 0.4) is 0 Å². The first kappa shape index (κ1) is 13.8. The van der Waals surface area contributed by atoms with Crippen LogP contribution < -0.4 is 5.32 Å². The second kappa shape index (κ2) is 5.55. The van der Waals surface area contributed by atoms with E-state index in [-0.39, 0.29) is 10.6 Å². The first-order valence-electron chi connectivity index (χ1n) is 6.90. The van der Waals surface area contributed by atoms with Gasteiger partial charge in [0.05, 0.1) is 11.0 Å². The standard InChI is InChI=1S/C14H21N3O2/c1-4-11-5-6-12(10(11)3)16-14-7-13(17(18)19)9(2)8-15-14/h7-8,10-12H,4-6H2,1-3H3,(H,15,16). The molecule has 0 saturated heterocycles. The van der Waals surface area contributed by atoms with Crippen molar-refractivity contribution in [3.63, 3.8) is 0 Å². The van der Waals surface area contributed by atoms with Gasteiger partial charge in [0, 0.05) is 17.8 Å². The summed E-state index contributed by atoms with van der Waals surface area (Å²) in [6, 6.07) is 1.92. The average molecular weight is 263 g/mol. The SMILES string of the molecule is CCC1CCC(Nc2cc([N+](=O)[O-])c(C)cn2)C1C. The minimum atomic E-state index is -0.352. The van der Waals surface area contributed by atoms with Gasteiger partial charge in [-0.25, -0.2) is 4.98 Å². The number of rotatable bonds is 4. The largest absolute Gasteiger partial charge is 0.367 e. The summed E-state index contributed by atoms with van der Waals surface area (Å²) in [6.07, 6.45) is 5.10. The van der Waals surface area contributed by atoms with Gasteiger partial charge in [-0.1, -0.05) is 20.3 Å². The van der Waals surface area contributed by atoms with Gasteiger partial charge in [0.25, 0.3) is 5.69 Å². The van der Waals surface area contributed by atoms with Crippen LogP contribution in [0.5, 0.6) is 0 Å². The van der Waals surface area contributed by atoms with Crippen molar-refractivity contribution in [2.45, 2.75) is 46.1 Å². The van der Waals surface area contributed by atoms with Gasteiger partial charge >= 0.3 is 0 Å². The molecule has 1 saturated carbocycles. The summed E-state index contributed by atoms with van der Waals surface area (Å²) in [6.45, 7) is 6.18. The van der Waals surface area contributed by atoms with Crippen molar-refractivity contribution < 1.29 is 4.92 Å². The van der Waals surface area contributed by atoms with Crippen molar-refractivity contribution in [3.05, 3.63) is 27.9 Å². The van der Waals surface area contributed by atoms with Gasteiger partial charge in [0.1, 0.15) is 5.82 Å². The van der Waals surface area contributed by atoms with Crippen molar-refractivity contribution in [2.75, 3.05) is 5.32 Å². The Balaban J connectivity index is 2.12. The molecule has 1 aliphatic carbocycles. The van der Waals surface area contributed by atoms with E-state index in [1.807, 2.05) is 0 Å². The summed E-state index contributed by atoms with van der Waals surface area (Å²) in [7, 11) is 0. The maximum absolute atomic E-state index is 10.9. The van der Waals surface area contributed by atoms with Crippen molar-refractivity contribution in [3.8, 4) is 0 Å². The maximum atomic E-state index is 10.9. The van der Waals surface area contributed by atoms with E-state index in [0.29, 0.717) is 23.3 Å². The molecule has 5 heteroatoms. The van der Waals surface area contributed by atoms with E-state index >= 15 is 0 Å². The third kappa shape index (κ3) is 2.85. The van der Waals surface area contributed by atoms with E-state index in [4.69, 9.17) is 0 Å². The Morgan fingerprint density at radius 3 is 2.84 bits per heavy atom. The van der Waals surface area contributed by atoms with E-state index < -0.39 is 0 Å². The lowest BCUT2D eigenvalue weighted by Crippen LogP contribution is -2.25.